The third kappa shape index (κ3) is 7.43. The van der Waals surface area contributed by atoms with Crippen molar-refractivity contribution < 1.29 is 23.8 Å². The molecule has 9 nitrogen and oxygen atoms in total. The summed E-state index contributed by atoms with van der Waals surface area (Å²) < 4.78 is 16.9. The smallest absolute Gasteiger partial charge is 0.227 e. The van der Waals surface area contributed by atoms with Crippen LogP contribution in [0.1, 0.15) is 61.5 Å². The number of hydrogen-bond acceptors (Lipinski definition) is 7. The van der Waals surface area contributed by atoms with Crippen LogP contribution in [0.25, 0.3) is 0 Å². The summed E-state index contributed by atoms with van der Waals surface area (Å²) in [5.74, 6) is 1.02. The molecule has 0 bridgehead atoms. The molecule has 0 aromatic heterocycles. The standard InChI is InChI=1S/C37H51ClN4O5/c1-45-23-26-19-42(21-33(26)31-13-6-27(38)18-35(31)40-16-14-25(15-17-40)36(39)43)37(44)34-22-41(28-7-11-30(47-3)12-8-28)20-32(34)24-4-9-29(46-2)10-5-24/h4-6,9-10,13,18,25-26,28,30,32-34H,7-8,11-12,14-17,19-23H2,1-3H3,(H2,39,43)/t26-,28-,30-,32+,33+,34-/m1/s1. The topological polar surface area (TPSA) is 97.6 Å². The number of amides is 2. The van der Waals surface area contributed by atoms with Gasteiger partial charge in [0.05, 0.1) is 25.7 Å². The molecule has 0 radical (unpaired) electrons. The molecule has 6 rings (SSSR count). The fraction of sp³-hybridized carbons (Fsp3) is 0.622. The maximum Gasteiger partial charge on any atom is 0.227 e. The van der Waals surface area contributed by atoms with Gasteiger partial charge in [-0.3, -0.25) is 14.5 Å². The predicted molar refractivity (Wildman–Crippen MR) is 184 cm³/mol. The van der Waals surface area contributed by atoms with E-state index in [1.165, 1.54) is 11.1 Å². The maximum atomic E-state index is 14.7. The highest BCUT2D eigenvalue weighted by atomic mass is 35.5. The molecule has 0 spiro atoms. The fourth-order valence-corrected chi connectivity index (χ4v) is 8.91. The minimum Gasteiger partial charge on any atom is -0.497 e. The first-order valence-corrected chi connectivity index (χ1v) is 17.7. The molecule has 1 saturated carbocycles. The number of likely N-dealkylation sites (tertiary alicyclic amines) is 2. The van der Waals surface area contributed by atoms with E-state index >= 15 is 0 Å². The molecule has 2 aromatic rings. The molecule has 47 heavy (non-hydrogen) atoms. The highest BCUT2D eigenvalue weighted by molar-refractivity contribution is 6.30. The second kappa shape index (κ2) is 15.1. The lowest BCUT2D eigenvalue weighted by Crippen LogP contribution is -2.40. The number of ether oxygens (including phenoxy) is 3. The summed E-state index contributed by atoms with van der Waals surface area (Å²) in [6, 6.07) is 14.9. The van der Waals surface area contributed by atoms with E-state index in [4.69, 9.17) is 31.5 Å². The molecule has 2 N–H and O–H groups in total. The Bertz CT molecular complexity index is 1380. The van der Waals surface area contributed by atoms with Crippen molar-refractivity contribution in [3.8, 4) is 5.75 Å². The summed E-state index contributed by atoms with van der Waals surface area (Å²) in [7, 11) is 5.24. The Kier molecular flexibility index (Phi) is 11.0. The van der Waals surface area contributed by atoms with Crippen LogP contribution in [-0.2, 0) is 19.1 Å². The number of anilines is 1. The molecule has 2 aromatic carbocycles. The second-order valence-electron chi connectivity index (χ2n) is 14.0. The van der Waals surface area contributed by atoms with E-state index in [9.17, 15) is 9.59 Å². The van der Waals surface area contributed by atoms with Crippen molar-refractivity contribution in [2.75, 3.05) is 72.1 Å². The molecule has 256 valence electrons. The number of benzene rings is 2. The van der Waals surface area contributed by atoms with Gasteiger partial charge in [0.25, 0.3) is 0 Å². The molecule has 4 fully saturated rings. The van der Waals surface area contributed by atoms with Gasteiger partial charge in [0.2, 0.25) is 11.8 Å². The van der Waals surface area contributed by atoms with Gasteiger partial charge >= 0.3 is 0 Å². The van der Waals surface area contributed by atoms with Crippen LogP contribution in [0.3, 0.4) is 0 Å². The first kappa shape index (κ1) is 34.0. The van der Waals surface area contributed by atoms with E-state index in [1.807, 2.05) is 31.4 Å². The Balaban J connectivity index is 1.24. The molecule has 3 saturated heterocycles. The number of nitrogens with two attached hydrogens (primary N) is 1. The molecule has 1 aliphatic carbocycles. The molecule has 4 aliphatic rings. The van der Waals surface area contributed by atoms with Crippen LogP contribution in [0.5, 0.6) is 5.75 Å². The van der Waals surface area contributed by atoms with Gasteiger partial charge in [-0.05, 0) is 73.9 Å². The summed E-state index contributed by atoms with van der Waals surface area (Å²) in [4.78, 5) is 33.6. The number of primary amides is 1. The van der Waals surface area contributed by atoms with Crippen molar-refractivity contribution in [2.45, 2.75) is 62.5 Å². The molecule has 3 heterocycles. The molecule has 3 aliphatic heterocycles. The van der Waals surface area contributed by atoms with Crippen molar-refractivity contribution in [2.24, 2.45) is 23.5 Å². The second-order valence-corrected chi connectivity index (χ2v) is 14.5. The van der Waals surface area contributed by atoms with Crippen LogP contribution in [0.15, 0.2) is 42.5 Å². The average Bonchev–Trinajstić information content (AvgIpc) is 3.74. The molecule has 4 atom stereocenters. The zero-order valence-corrected chi connectivity index (χ0v) is 28.9. The number of rotatable bonds is 10. The monoisotopic (exact) mass is 666 g/mol. The number of carbonyl (C=O) groups is 2. The number of carbonyl (C=O) groups excluding carboxylic acids is 2. The van der Waals surface area contributed by atoms with E-state index in [1.54, 1.807) is 14.2 Å². The van der Waals surface area contributed by atoms with Crippen LogP contribution >= 0.6 is 11.6 Å². The number of piperidine rings is 1. The minimum atomic E-state index is -0.220. The predicted octanol–water partition coefficient (Wildman–Crippen LogP) is 4.91. The van der Waals surface area contributed by atoms with Crippen molar-refractivity contribution in [3.05, 3.63) is 58.6 Å². The van der Waals surface area contributed by atoms with Crippen LogP contribution < -0.4 is 15.4 Å². The van der Waals surface area contributed by atoms with Crippen molar-refractivity contribution in [1.29, 1.82) is 0 Å². The van der Waals surface area contributed by atoms with Crippen LogP contribution in [-0.4, -0.2) is 101 Å². The summed E-state index contributed by atoms with van der Waals surface area (Å²) in [6.45, 7) is 5.03. The van der Waals surface area contributed by atoms with Gasteiger partial charge in [-0.1, -0.05) is 29.8 Å². The SMILES string of the molecule is COC[C@H]1CN(C(=O)[C@@H]2CN([C@H]3CC[C@H](OC)CC3)C[C@H]2c2ccc(OC)cc2)C[C@@H]1c1ccc(Cl)cc1N1CCC(C(N)=O)CC1. The van der Waals surface area contributed by atoms with Gasteiger partial charge in [-0.25, -0.2) is 0 Å². The number of nitrogens with zero attached hydrogens (tertiary/aromatic N) is 3. The third-order valence-corrected chi connectivity index (χ3v) is 11.7. The fourth-order valence-electron chi connectivity index (χ4n) is 8.75. The first-order chi connectivity index (χ1) is 22.8. The van der Waals surface area contributed by atoms with Gasteiger partial charge in [-0.2, -0.15) is 0 Å². The summed E-state index contributed by atoms with van der Waals surface area (Å²) in [5, 5.41) is 0.683. The van der Waals surface area contributed by atoms with E-state index in [2.05, 4.69) is 32.9 Å². The maximum absolute atomic E-state index is 14.7. The minimum absolute atomic E-state index is 0.0886. The van der Waals surface area contributed by atoms with E-state index < -0.39 is 0 Å². The quantitative estimate of drug-likeness (QED) is 0.385. The van der Waals surface area contributed by atoms with Gasteiger partial charge in [-0.15, -0.1) is 0 Å². The highest BCUT2D eigenvalue weighted by Crippen LogP contribution is 2.43. The summed E-state index contributed by atoms with van der Waals surface area (Å²) >= 11 is 6.56. The zero-order valence-electron chi connectivity index (χ0n) is 28.1. The Morgan fingerprint density at radius 2 is 1.60 bits per heavy atom. The van der Waals surface area contributed by atoms with E-state index in [0.29, 0.717) is 36.9 Å². The van der Waals surface area contributed by atoms with Gasteiger partial charge in [0.1, 0.15) is 5.75 Å². The Hall–Kier alpha value is -2.85. The Labute approximate surface area is 284 Å². The molecular weight excluding hydrogens is 616 g/mol. The van der Waals surface area contributed by atoms with Crippen LogP contribution in [0, 0.1) is 17.8 Å². The third-order valence-electron chi connectivity index (χ3n) is 11.5. The zero-order chi connectivity index (χ0) is 33.1. The van der Waals surface area contributed by atoms with E-state index in [0.717, 1.165) is 76.1 Å². The summed E-state index contributed by atoms with van der Waals surface area (Å²) in [5.41, 5.74) is 9.11. The average molecular weight is 667 g/mol. The van der Waals surface area contributed by atoms with Gasteiger partial charge in [0, 0.05) is 93.9 Å². The van der Waals surface area contributed by atoms with Crippen molar-refractivity contribution in [1.82, 2.24) is 9.80 Å². The van der Waals surface area contributed by atoms with E-state index in [-0.39, 0.29) is 41.4 Å². The Morgan fingerprint density at radius 1 is 0.872 bits per heavy atom. The van der Waals surface area contributed by atoms with Gasteiger partial charge < -0.3 is 29.7 Å². The lowest BCUT2D eigenvalue weighted by molar-refractivity contribution is -0.134. The van der Waals surface area contributed by atoms with Gasteiger partial charge in [0.15, 0.2) is 0 Å². The highest BCUT2D eigenvalue weighted by Gasteiger charge is 2.46. The lowest BCUT2D eigenvalue weighted by atomic mass is 9.87. The normalized spacial score (nSPS) is 28.9. The largest absolute Gasteiger partial charge is 0.497 e. The van der Waals surface area contributed by atoms with Crippen molar-refractivity contribution in [3.63, 3.8) is 0 Å². The van der Waals surface area contributed by atoms with Crippen LogP contribution in [0.4, 0.5) is 5.69 Å². The molecule has 0 unspecified atom stereocenters. The van der Waals surface area contributed by atoms with Crippen LogP contribution in [0.2, 0.25) is 5.02 Å². The first-order valence-electron chi connectivity index (χ1n) is 17.3. The number of hydrogen-bond donors (Lipinski definition) is 1. The summed E-state index contributed by atoms with van der Waals surface area (Å²) in [6.07, 6.45) is 6.15. The number of halogens is 1. The molecule has 10 heteroatoms. The Morgan fingerprint density at radius 3 is 2.23 bits per heavy atom. The molecule has 2 amide bonds. The number of methoxy groups -OCH3 is 3. The lowest BCUT2D eigenvalue weighted by Gasteiger charge is -2.35. The van der Waals surface area contributed by atoms with Crippen molar-refractivity contribution >= 4 is 29.1 Å². The molecular formula is C37H51ClN4O5.